The van der Waals surface area contributed by atoms with Gasteiger partial charge in [0.25, 0.3) is 0 Å². The van der Waals surface area contributed by atoms with Crippen LogP contribution < -0.4 is 0 Å². The molecule has 0 saturated carbocycles. The van der Waals surface area contributed by atoms with Crippen molar-refractivity contribution in [2.45, 2.75) is 53.4 Å². The third kappa shape index (κ3) is 5.62. The predicted molar refractivity (Wildman–Crippen MR) is 77.8 cm³/mol. The predicted octanol–water partition coefficient (Wildman–Crippen LogP) is 4.03. The van der Waals surface area contributed by atoms with Gasteiger partial charge in [0.05, 0.1) is 5.69 Å². The second-order valence-electron chi connectivity index (χ2n) is 6.89. The van der Waals surface area contributed by atoms with E-state index in [9.17, 15) is 0 Å². The number of hydrogen-bond acceptors (Lipinski definition) is 2. The van der Waals surface area contributed by atoms with E-state index in [1.54, 1.807) is 0 Å². The molecule has 0 aliphatic rings. The molecule has 1 N–H and O–H groups in total. The van der Waals surface area contributed by atoms with Crippen LogP contribution in [-0.2, 0) is 11.8 Å². The van der Waals surface area contributed by atoms with Crippen molar-refractivity contribution in [1.82, 2.24) is 10.2 Å². The van der Waals surface area contributed by atoms with Crippen molar-refractivity contribution in [2.24, 2.45) is 5.41 Å². The largest absolute Gasteiger partial charge is 0.282 e. The van der Waals surface area contributed by atoms with Gasteiger partial charge in [-0.15, -0.1) is 0 Å². The van der Waals surface area contributed by atoms with Crippen LogP contribution >= 0.6 is 11.8 Å². The van der Waals surface area contributed by atoms with E-state index in [0.717, 1.165) is 12.1 Å². The van der Waals surface area contributed by atoms with Crippen LogP contribution in [0.1, 0.15) is 52.9 Å². The Bertz CT molecular complexity index is 342. The Morgan fingerprint density at radius 2 is 1.82 bits per heavy atom. The first kappa shape index (κ1) is 14.6. The van der Waals surface area contributed by atoms with Crippen molar-refractivity contribution in [3.05, 3.63) is 17.5 Å². The Hall–Kier alpha value is -0.440. The number of nitrogens with one attached hydrogen (secondary N) is 1. The minimum Gasteiger partial charge on any atom is -0.282 e. The highest BCUT2D eigenvalue weighted by molar-refractivity contribution is 7.99. The van der Waals surface area contributed by atoms with Crippen molar-refractivity contribution in [3.63, 3.8) is 0 Å². The molecule has 1 aromatic rings. The Labute approximate surface area is 110 Å². The number of aryl methyl sites for hydroxylation is 1. The number of rotatable bonds is 4. The summed E-state index contributed by atoms with van der Waals surface area (Å²) in [6.07, 6.45) is 1.09. The number of aromatic amines is 1. The van der Waals surface area contributed by atoms with Crippen molar-refractivity contribution in [2.75, 3.05) is 11.5 Å². The third-order valence-corrected chi connectivity index (χ3v) is 4.01. The van der Waals surface area contributed by atoms with Gasteiger partial charge in [-0.1, -0.05) is 41.5 Å². The van der Waals surface area contributed by atoms with Crippen molar-refractivity contribution >= 4 is 11.8 Å². The van der Waals surface area contributed by atoms with Crippen LogP contribution in [0.4, 0.5) is 0 Å². The van der Waals surface area contributed by atoms with E-state index < -0.39 is 0 Å². The quantitative estimate of drug-likeness (QED) is 0.822. The molecule has 0 atom stereocenters. The standard InChI is InChI=1S/C14H26N2S/c1-13(2,3)10-17-8-7-11-9-12(16-15-11)14(4,5)6/h9H,7-8,10H2,1-6H3,(H,15,16). The Balaban J connectivity index is 2.36. The van der Waals surface area contributed by atoms with Gasteiger partial charge in [-0.05, 0) is 29.4 Å². The van der Waals surface area contributed by atoms with Crippen LogP contribution in [0.25, 0.3) is 0 Å². The number of thioether (sulfide) groups is 1. The Kier molecular flexibility index (Phi) is 4.70. The maximum absolute atomic E-state index is 4.38. The fourth-order valence-corrected chi connectivity index (χ4v) is 2.56. The first-order valence-electron chi connectivity index (χ1n) is 6.31. The van der Waals surface area contributed by atoms with E-state index in [-0.39, 0.29) is 5.41 Å². The van der Waals surface area contributed by atoms with Crippen LogP contribution in [0.15, 0.2) is 6.07 Å². The van der Waals surface area contributed by atoms with E-state index in [1.807, 2.05) is 11.8 Å². The van der Waals surface area contributed by atoms with Gasteiger partial charge in [0, 0.05) is 11.1 Å². The molecule has 0 spiro atoms. The average Bonchev–Trinajstić information content (AvgIpc) is 2.58. The summed E-state index contributed by atoms with van der Waals surface area (Å²) < 4.78 is 0. The highest BCUT2D eigenvalue weighted by Gasteiger charge is 2.17. The molecule has 0 aromatic carbocycles. The van der Waals surface area contributed by atoms with Crippen LogP contribution in [0.5, 0.6) is 0 Å². The molecule has 0 fully saturated rings. The highest BCUT2D eigenvalue weighted by atomic mass is 32.2. The normalized spacial score (nSPS) is 13.1. The second kappa shape index (κ2) is 5.47. The molecule has 0 aliphatic heterocycles. The van der Waals surface area contributed by atoms with Crippen LogP contribution in [-0.4, -0.2) is 21.7 Å². The molecule has 1 aromatic heterocycles. The maximum Gasteiger partial charge on any atom is 0.0678 e. The summed E-state index contributed by atoms with van der Waals surface area (Å²) in [6, 6.07) is 2.21. The van der Waals surface area contributed by atoms with E-state index in [1.165, 1.54) is 17.2 Å². The number of nitrogens with zero attached hydrogens (tertiary/aromatic N) is 1. The van der Waals surface area contributed by atoms with Gasteiger partial charge in [-0.2, -0.15) is 16.9 Å². The molecule has 0 unspecified atom stereocenters. The summed E-state index contributed by atoms with van der Waals surface area (Å²) >= 11 is 2.02. The molecule has 0 amide bonds. The van der Waals surface area contributed by atoms with Gasteiger partial charge in [0.1, 0.15) is 0 Å². The number of hydrogen-bond donors (Lipinski definition) is 1. The average molecular weight is 254 g/mol. The molecular weight excluding hydrogens is 228 g/mol. The molecule has 17 heavy (non-hydrogen) atoms. The van der Waals surface area contributed by atoms with E-state index in [2.05, 4.69) is 57.8 Å². The smallest absolute Gasteiger partial charge is 0.0678 e. The van der Waals surface area contributed by atoms with Gasteiger partial charge in [0.2, 0.25) is 0 Å². The zero-order chi connectivity index (χ0) is 13.1. The summed E-state index contributed by atoms with van der Waals surface area (Å²) in [7, 11) is 0. The van der Waals surface area contributed by atoms with E-state index in [0.29, 0.717) is 5.41 Å². The fourth-order valence-electron chi connectivity index (χ4n) is 1.43. The van der Waals surface area contributed by atoms with Crippen LogP contribution in [0.2, 0.25) is 0 Å². The fraction of sp³-hybridized carbons (Fsp3) is 0.786. The minimum atomic E-state index is 0.146. The molecule has 1 heterocycles. The zero-order valence-corrected chi connectivity index (χ0v) is 12.9. The molecule has 0 bridgehead atoms. The first-order chi connectivity index (χ1) is 7.68. The van der Waals surface area contributed by atoms with Gasteiger partial charge < -0.3 is 0 Å². The molecule has 2 nitrogen and oxygen atoms in total. The van der Waals surface area contributed by atoms with Gasteiger partial charge >= 0.3 is 0 Å². The Morgan fingerprint density at radius 1 is 1.18 bits per heavy atom. The number of H-pyrrole nitrogens is 1. The molecule has 0 aliphatic carbocycles. The summed E-state index contributed by atoms with van der Waals surface area (Å²) in [4.78, 5) is 0. The lowest BCUT2D eigenvalue weighted by molar-refractivity contribution is 0.481. The lowest BCUT2D eigenvalue weighted by Crippen LogP contribution is -2.11. The van der Waals surface area contributed by atoms with E-state index >= 15 is 0 Å². The van der Waals surface area contributed by atoms with Crippen molar-refractivity contribution in [3.8, 4) is 0 Å². The lowest BCUT2D eigenvalue weighted by atomic mass is 9.92. The summed E-state index contributed by atoms with van der Waals surface area (Å²) in [6.45, 7) is 13.4. The SMILES string of the molecule is CC(C)(C)CSCCc1cc(C(C)(C)C)n[nH]1. The third-order valence-electron chi connectivity index (χ3n) is 2.45. The lowest BCUT2D eigenvalue weighted by Gasteiger charge is -2.16. The first-order valence-corrected chi connectivity index (χ1v) is 7.46. The summed E-state index contributed by atoms with van der Waals surface area (Å²) in [5, 5.41) is 7.53. The molecule has 3 heteroatoms. The van der Waals surface area contributed by atoms with Gasteiger partial charge in [0.15, 0.2) is 0 Å². The molecule has 1 rings (SSSR count). The molecule has 0 radical (unpaired) electrons. The minimum absolute atomic E-state index is 0.146. The van der Waals surface area contributed by atoms with Gasteiger partial charge in [-0.3, -0.25) is 5.10 Å². The van der Waals surface area contributed by atoms with Crippen molar-refractivity contribution in [1.29, 1.82) is 0 Å². The number of aromatic nitrogens is 2. The second-order valence-corrected chi connectivity index (χ2v) is 8.00. The molecular formula is C14H26N2S. The van der Waals surface area contributed by atoms with Crippen LogP contribution in [0.3, 0.4) is 0 Å². The summed E-state index contributed by atoms with van der Waals surface area (Å²) in [5.74, 6) is 2.39. The highest BCUT2D eigenvalue weighted by Crippen LogP contribution is 2.22. The monoisotopic (exact) mass is 254 g/mol. The zero-order valence-electron chi connectivity index (χ0n) is 12.1. The molecule has 98 valence electrons. The Morgan fingerprint density at radius 3 is 2.29 bits per heavy atom. The van der Waals surface area contributed by atoms with Gasteiger partial charge in [-0.25, -0.2) is 0 Å². The summed E-state index contributed by atoms with van der Waals surface area (Å²) in [5.41, 5.74) is 2.99. The maximum atomic E-state index is 4.38. The topological polar surface area (TPSA) is 28.7 Å². The van der Waals surface area contributed by atoms with Crippen LogP contribution in [0, 0.1) is 5.41 Å². The van der Waals surface area contributed by atoms with Crippen molar-refractivity contribution < 1.29 is 0 Å². The van der Waals surface area contributed by atoms with E-state index in [4.69, 9.17) is 0 Å². The molecule has 0 saturated heterocycles.